The van der Waals surface area contributed by atoms with Crippen LogP contribution in [-0.2, 0) is 0 Å². The number of anilines is 1. The second-order valence-electron chi connectivity index (χ2n) is 5.29. The maximum Gasteiger partial charge on any atom is 0.314 e. The smallest absolute Gasteiger partial charge is 0.314 e. The van der Waals surface area contributed by atoms with Gasteiger partial charge < -0.3 is 10.2 Å². The summed E-state index contributed by atoms with van der Waals surface area (Å²) < 4.78 is 0. The Hall–Kier alpha value is -1.69. The second-order valence-corrected chi connectivity index (χ2v) is 5.29. The summed E-state index contributed by atoms with van der Waals surface area (Å²) in [7, 11) is 2.10. The molecule has 0 aliphatic rings. The van der Waals surface area contributed by atoms with Crippen LogP contribution >= 0.6 is 0 Å². The monoisotopic (exact) mass is 280 g/mol. The molecule has 0 amide bonds. The van der Waals surface area contributed by atoms with Crippen LogP contribution in [0.15, 0.2) is 12.3 Å². The van der Waals surface area contributed by atoms with E-state index in [-0.39, 0.29) is 10.6 Å². The predicted octanol–water partition coefficient (Wildman–Crippen LogP) is 2.83. The minimum Gasteiger partial charge on any atom is -0.364 e. The Morgan fingerprint density at radius 2 is 2.15 bits per heavy atom. The van der Waals surface area contributed by atoms with Gasteiger partial charge in [-0.3, -0.25) is 10.1 Å². The quantitative estimate of drug-likeness (QED) is 0.450. The van der Waals surface area contributed by atoms with Crippen molar-refractivity contribution >= 4 is 11.5 Å². The van der Waals surface area contributed by atoms with Crippen molar-refractivity contribution in [2.45, 2.75) is 39.7 Å². The van der Waals surface area contributed by atoms with Crippen molar-refractivity contribution in [2.75, 3.05) is 25.5 Å². The van der Waals surface area contributed by atoms with Crippen LogP contribution < -0.4 is 5.32 Å². The first-order chi connectivity index (χ1) is 9.43. The molecular weight excluding hydrogens is 256 g/mol. The third-order valence-electron chi connectivity index (χ3n) is 3.42. The summed E-state index contributed by atoms with van der Waals surface area (Å²) in [6.45, 7) is 7.78. The highest BCUT2D eigenvalue weighted by atomic mass is 16.6. The molecule has 0 fully saturated rings. The number of nitro groups is 1. The molecule has 0 radical (unpaired) electrons. The molecule has 0 aromatic carbocycles. The molecule has 0 bridgehead atoms. The Morgan fingerprint density at radius 1 is 1.45 bits per heavy atom. The van der Waals surface area contributed by atoms with Gasteiger partial charge in [0.2, 0.25) is 5.82 Å². The summed E-state index contributed by atoms with van der Waals surface area (Å²) in [5.41, 5.74) is 0.707. The zero-order chi connectivity index (χ0) is 15.1. The second kappa shape index (κ2) is 7.79. The van der Waals surface area contributed by atoms with Crippen molar-refractivity contribution in [3.63, 3.8) is 0 Å². The summed E-state index contributed by atoms with van der Waals surface area (Å²) in [5.74, 6) is 0.368. The van der Waals surface area contributed by atoms with Gasteiger partial charge in [0.25, 0.3) is 0 Å². The number of pyridine rings is 1. The summed E-state index contributed by atoms with van der Waals surface area (Å²) in [6.07, 6.45) is 3.61. The highest BCUT2D eigenvalue weighted by Crippen LogP contribution is 2.25. The fourth-order valence-electron chi connectivity index (χ4n) is 1.86. The number of hydrogen-bond acceptors (Lipinski definition) is 5. The first kappa shape index (κ1) is 16.4. The van der Waals surface area contributed by atoms with Crippen LogP contribution in [0.2, 0.25) is 0 Å². The summed E-state index contributed by atoms with van der Waals surface area (Å²) in [4.78, 5) is 17.0. The third kappa shape index (κ3) is 4.77. The minimum absolute atomic E-state index is 0.0757. The van der Waals surface area contributed by atoms with Gasteiger partial charge in [-0.2, -0.15) is 0 Å². The summed E-state index contributed by atoms with van der Waals surface area (Å²) in [5, 5.41) is 14.1. The van der Waals surface area contributed by atoms with Gasteiger partial charge in [-0.25, -0.2) is 4.98 Å². The van der Waals surface area contributed by atoms with Crippen LogP contribution in [0.4, 0.5) is 11.5 Å². The maximum atomic E-state index is 11.0. The third-order valence-corrected chi connectivity index (χ3v) is 3.42. The Kier molecular flexibility index (Phi) is 6.38. The summed E-state index contributed by atoms with van der Waals surface area (Å²) in [6, 6.07) is 2.20. The van der Waals surface area contributed by atoms with Crippen LogP contribution in [-0.4, -0.2) is 41.0 Å². The van der Waals surface area contributed by atoms with Crippen molar-refractivity contribution in [1.29, 1.82) is 0 Å². The van der Waals surface area contributed by atoms with E-state index in [1.807, 2.05) is 0 Å². The van der Waals surface area contributed by atoms with E-state index in [0.29, 0.717) is 24.0 Å². The molecule has 0 saturated carbocycles. The summed E-state index contributed by atoms with van der Waals surface area (Å²) >= 11 is 0. The van der Waals surface area contributed by atoms with Crippen LogP contribution in [0.3, 0.4) is 0 Å². The van der Waals surface area contributed by atoms with Crippen LogP contribution in [0.5, 0.6) is 0 Å². The van der Waals surface area contributed by atoms with E-state index in [2.05, 4.69) is 36.1 Å². The van der Waals surface area contributed by atoms with Crippen molar-refractivity contribution < 1.29 is 4.92 Å². The van der Waals surface area contributed by atoms with Gasteiger partial charge in [-0.05, 0) is 53.3 Å². The van der Waals surface area contributed by atoms with Crippen LogP contribution in [0.25, 0.3) is 0 Å². The number of aromatic nitrogens is 1. The minimum atomic E-state index is -0.378. The van der Waals surface area contributed by atoms with Gasteiger partial charge in [-0.1, -0.05) is 0 Å². The molecule has 1 aromatic heterocycles. The predicted molar refractivity (Wildman–Crippen MR) is 81.1 cm³/mol. The van der Waals surface area contributed by atoms with E-state index in [1.54, 1.807) is 19.2 Å². The molecule has 6 heteroatoms. The highest BCUT2D eigenvalue weighted by molar-refractivity contribution is 5.59. The molecule has 1 rings (SSSR count). The molecule has 1 N–H and O–H groups in total. The number of nitrogens with one attached hydrogen (secondary N) is 1. The van der Waals surface area contributed by atoms with Gasteiger partial charge in [0.1, 0.15) is 0 Å². The molecule has 6 nitrogen and oxygen atoms in total. The number of aryl methyl sites for hydroxylation is 1. The molecule has 112 valence electrons. The van der Waals surface area contributed by atoms with Gasteiger partial charge in [-0.15, -0.1) is 0 Å². The van der Waals surface area contributed by atoms with E-state index in [1.165, 1.54) is 0 Å². The number of unbranched alkanes of at least 4 members (excludes halogenated alkanes) is 1. The first-order valence-electron chi connectivity index (χ1n) is 6.97. The van der Waals surface area contributed by atoms with E-state index in [0.717, 1.165) is 19.4 Å². The fraction of sp³-hybridized carbons (Fsp3) is 0.643. The Balaban J connectivity index is 2.43. The zero-order valence-corrected chi connectivity index (χ0v) is 12.7. The van der Waals surface area contributed by atoms with Crippen LogP contribution in [0.1, 0.15) is 32.3 Å². The lowest BCUT2D eigenvalue weighted by Gasteiger charge is -2.20. The molecule has 0 atom stereocenters. The number of rotatable bonds is 8. The van der Waals surface area contributed by atoms with E-state index < -0.39 is 0 Å². The van der Waals surface area contributed by atoms with Gasteiger partial charge in [0.15, 0.2) is 0 Å². The Labute approximate surface area is 120 Å². The lowest BCUT2D eigenvalue weighted by Crippen LogP contribution is -2.27. The average molecular weight is 280 g/mol. The molecule has 0 spiro atoms. The number of nitrogens with zero attached hydrogens (tertiary/aromatic N) is 3. The normalized spacial score (nSPS) is 11.1. The van der Waals surface area contributed by atoms with Gasteiger partial charge in [0.05, 0.1) is 4.92 Å². The molecule has 20 heavy (non-hydrogen) atoms. The lowest BCUT2D eigenvalue weighted by molar-refractivity contribution is -0.384. The largest absolute Gasteiger partial charge is 0.364 e. The SMILES string of the molecule is Cc1ccnc(NCCCCN(C)C(C)C)c1[N+](=O)[O-]. The first-order valence-corrected chi connectivity index (χ1v) is 6.97. The topological polar surface area (TPSA) is 71.3 Å². The molecule has 0 aliphatic heterocycles. The zero-order valence-electron chi connectivity index (χ0n) is 12.7. The lowest BCUT2D eigenvalue weighted by atomic mass is 10.2. The molecule has 1 heterocycles. The number of hydrogen-bond donors (Lipinski definition) is 1. The fourth-order valence-corrected chi connectivity index (χ4v) is 1.86. The van der Waals surface area contributed by atoms with Gasteiger partial charge >= 0.3 is 5.69 Å². The highest BCUT2D eigenvalue weighted by Gasteiger charge is 2.17. The molecule has 0 unspecified atom stereocenters. The standard InChI is InChI=1S/C14H24N4O2/c1-11(2)17(4)10-6-5-8-15-14-13(18(19)20)12(3)7-9-16-14/h7,9,11H,5-6,8,10H2,1-4H3,(H,15,16). The van der Waals surface area contributed by atoms with Crippen molar-refractivity contribution in [1.82, 2.24) is 9.88 Å². The van der Waals surface area contributed by atoms with Crippen LogP contribution in [0, 0.1) is 17.0 Å². The van der Waals surface area contributed by atoms with E-state index in [4.69, 9.17) is 0 Å². The molecule has 0 aliphatic carbocycles. The van der Waals surface area contributed by atoms with Crippen molar-refractivity contribution in [2.24, 2.45) is 0 Å². The van der Waals surface area contributed by atoms with E-state index >= 15 is 0 Å². The van der Waals surface area contributed by atoms with Gasteiger partial charge in [0, 0.05) is 24.3 Å². The maximum absolute atomic E-state index is 11.0. The Morgan fingerprint density at radius 3 is 2.75 bits per heavy atom. The van der Waals surface area contributed by atoms with Crippen molar-refractivity contribution in [3.05, 3.63) is 27.9 Å². The molecule has 1 aromatic rings. The molecular formula is C14H24N4O2. The molecule has 0 saturated heterocycles. The average Bonchev–Trinajstić information content (AvgIpc) is 2.37. The van der Waals surface area contributed by atoms with E-state index in [9.17, 15) is 10.1 Å². The Bertz CT molecular complexity index is 449. The van der Waals surface area contributed by atoms with Crippen molar-refractivity contribution in [3.8, 4) is 0 Å².